The van der Waals surface area contributed by atoms with Crippen LogP contribution in [0.15, 0.2) is 53.5 Å². The maximum Gasteiger partial charge on any atom is 0.189 e. The molecular weight excluding hydrogens is 305 g/mol. The van der Waals surface area contributed by atoms with Gasteiger partial charge in [-0.1, -0.05) is 42.5 Å². The molecule has 0 radical (unpaired) electrons. The number of nitrogens with one attached hydrogen (secondary N) is 1. The van der Waals surface area contributed by atoms with Crippen LogP contribution in [0.4, 0.5) is 4.39 Å². The summed E-state index contributed by atoms with van der Waals surface area (Å²) in [6, 6.07) is 14.9. The highest BCUT2D eigenvalue weighted by Gasteiger charge is 2.15. The molecule has 3 rings (SSSR count). The molecule has 4 nitrogen and oxygen atoms in total. The minimum absolute atomic E-state index is 0.195. The van der Waals surface area contributed by atoms with Crippen molar-refractivity contribution in [3.8, 4) is 11.1 Å². The van der Waals surface area contributed by atoms with Crippen molar-refractivity contribution in [2.24, 2.45) is 10.7 Å². The van der Waals surface area contributed by atoms with E-state index in [0.717, 1.165) is 30.6 Å². The summed E-state index contributed by atoms with van der Waals surface area (Å²) < 4.78 is 19.8. The molecule has 0 saturated carbocycles. The van der Waals surface area contributed by atoms with E-state index in [0.29, 0.717) is 18.1 Å². The Balaban J connectivity index is 1.59. The fourth-order valence-corrected chi connectivity index (χ4v) is 2.74. The van der Waals surface area contributed by atoms with E-state index in [4.69, 9.17) is 10.5 Å². The van der Waals surface area contributed by atoms with Crippen molar-refractivity contribution in [2.45, 2.75) is 25.5 Å². The van der Waals surface area contributed by atoms with E-state index in [1.165, 1.54) is 6.07 Å². The van der Waals surface area contributed by atoms with Crippen molar-refractivity contribution in [3.05, 3.63) is 59.9 Å². The lowest BCUT2D eigenvalue weighted by molar-refractivity contribution is 0.114. The minimum atomic E-state index is -0.271. The van der Waals surface area contributed by atoms with Gasteiger partial charge in [-0.3, -0.25) is 0 Å². The summed E-state index contributed by atoms with van der Waals surface area (Å²) in [7, 11) is 0. The van der Waals surface area contributed by atoms with Crippen LogP contribution in [0.25, 0.3) is 11.1 Å². The van der Waals surface area contributed by atoms with Gasteiger partial charge in [0.15, 0.2) is 5.96 Å². The second-order valence-corrected chi connectivity index (χ2v) is 5.89. The summed E-state index contributed by atoms with van der Waals surface area (Å²) in [5, 5.41) is 3.03. The number of nitrogens with zero attached hydrogens (tertiary/aromatic N) is 1. The molecule has 126 valence electrons. The summed E-state index contributed by atoms with van der Waals surface area (Å²) in [5.41, 5.74) is 8.20. The zero-order valence-electron chi connectivity index (χ0n) is 13.5. The zero-order chi connectivity index (χ0) is 16.8. The van der Waals surface area contributed by atoms with Crippen LogP contribution in [0.3, 0.4) is 0 Å². The Morgan fingerprint density at radius 1 is 1.21 bits per heavy atom. The van der Waals surface area contributed by atoms with Crippen LogP contribution in [-0.4, -0.2) is 25.2 Å². The topological polar surface area (TPSA) is 59.6 Å². The van der Waals surface area contributed by atoms with Crippen molar-refractivity contribution < 1.29 is 9.13 Å². The Morgan fingerprint density at radius 3 is 2.75 bits per heavy atom. The Kier molecular flexibility index (Phi) is 5.43. The summed E-state index contributed by atoms with van der Waals surface area (Å²) in [4.78, 5) is 4.21. The standard InChI is InChI=1S/C19H22FN3O/c20-18-11-15(14-5-2-1-3-6-14)8-9-16(18)12-22-19(21)23-13-17-7-4-10-24-17/h1-3,5-6,8-9,11,17H,4,7,10,12-13H2,(H3,21,22,23). The minimum Gasteiger partial charge on any atom is -0.376 e. The summed E-state index contributed by atoms with van der Waals surface area (Å²) >= 11 is 0. The first-order chi connectivity index (χ1) is 11.7. The SMILES string of the molecule is NC(=NCc1ccc(-c2ccccc2)cc1F)NCC1CCCO1. The predicted octanol–water partition coefficient (Wildman–Crippen LogP) is 3.08. The number of hydrogen-bond donors (Lipinski definition) is 2. The van der Waals surface area contributed by atoms with Crippen molar-refractivity contribution in [1.82, 2.24) is 5.32 Å². The van der Waals surface area contributed by atoms with Gasteiger partial charge < -0.3 is 15.8 Å². The van der Waals surface area contributed by atoms with Crippen LogP contribution in [0.1, 0.15) is 18.4 Å². The molecule has 3 N–H and O–H groups in total. The lowest BCUT2D eigenvalue weighted by Gasteiger charge is -2.11. The quantitative estimate of drug-likeness (QED) is 0.655. The van der Waals surface area contributed by atoms with E-state index in [9.17, 15) is 4.39 Å². The van der Waals surface area contributed by atoms with Gasteiger partial charge in [0, 0.05) is 18.7 Å². The molecule has 1 aliphatic heterocycles. The molecule has 0 aliphatic carbocycles. The van der Waals surface area contributed by atoms with Gasteiger partial charge in [0.05, 0.1) is 12.6 Å². The van der Waals surface area contributed by atoms with Crippen LogP contribution in [0.5, 0.6) is 0 Å². The number of ether oxygens (including phenoxy) is 1. The summed E-state index contributed by atoms with van der Waals surface area (Å²) in [6.45, 7) is 1.67. The second kappa shape index (κ2) is 7.93. The fraction of sp³-hybridized carbons (Fsp3) is 0.316. The molecule has 2 aromatic carbocycles. The van der Waals surface area contributed by atoms with Crippen LogP contribution >= 0.6 is 0 Å². The number of nitrogens with two attached hydrogens (primary N) is 1. The van der Waals surface area contributed by atoms with E-state index in [-0.39, 0.29) is 18.5 Å². The van der Waals surface area contributed by atoms with Gasteiger partial charge in [0.1, 0.15) is 5.82 Å². The third kappa shape index (κ3) is 4.32. The highest BCUT2D eigenvalue weighted by Crippen LogP contribution is 2.22. The molecule has 0 spiro atoms. The average molecular weight is 327 g/mol. The third-order valence-corrected chi connectivity index (χ3v) is 4.11. The van der Waals surface area contributed by atoms with Crippen LogP contribution in [-0.2, 0) is 11.3 Å². The smallest absolute Gasteiger partial charge is 0.189 e. The van der Waals surface area contributed by atoms with Crippen molar-refractivity contribution in [2.75, 3.05) is 13.2 Å². The molecular formula is C19H22FN3O. The lowest BCUT2D eigenvalue weighted by Crippen LogP contribution is -2.37. The Labute approximate surface area is 141 Å². The van der Waals surface area contributed by atoms with Crippen LogP contribution in [0, 0.1) is 5.82 Å². The third-order valence-electron chi connectivity index (χ3n) is 4.11. The number of rotatable bonds is 5. The number of hydrogen-bond acceptors (Lipinski definition) is 2. The van der Waals surface area contributed by atoms with Gasteiger partial charge in [-0.15, -0.1) is 0 Å². The van der Waals surface area contributed by atoms with E-state index in [2.05, 4.69) is 10.3 Å². The van der Waals surface area contributed by atoms with Gasteiger partial charge in [0.25, 0.3) is 0 Å². The Bertz CT molecular complexity index is 697. The van der Waals surface area contributed by atoms with Crippen LogP contribution < -0.4 is 11.1 Å². The number of halogens is 1. The van der Waals surface area contributed by atoms with Crippen molar-refractivity contribution >= 4 is 5.96 Å². The molecule has 1 atom stereocenters. The Hall–Kier alpha value is -2.40. The first-order valence-electron chi connectivity index (χ1n) is 8.21. The van der Waals surface area contributed by atoms with E-state index in [1.54, 1.807) is 6.07 Å². The van der Waals surface area contributed by atoms with E-state index in [1.807, 2.05) is 36.4 Å². The molecule has 1 heterocycles. The lowest BCUT2D eigenvalue weighted by atomic mass is 10.0. The number of guanidine groups is 1. The molecule has 1 saturated heterocycles. The highest BCUT2D eigenvalue weighted by molar-refractivity contribution is 5.77. The molecule has 2 aromatic rings. The number of aliphatic imine (C=N–C) groups is 1. The maximum absolute atomic E-state index is 14.3. The van der Waals surface area contributed by atoms with Crippen molar-refractivity contribution in [1.29, 1.82) is 0 Å². The maximum atomic E-state index is 14.3. The summed E-state index contributed by atoms with van der Waals surface area (Å²) in [6.07, 6.45) is 2.32. The van der Waals surface area contributed by atoms with Crippen LogP contribution in [0.2, 0.25) is 0 Å². The molecule has 0 amide bonds. The summed E-state index contributed by atoms with van der Waals surface area (Å²) in [5.74, 6) is 0.0454. The first kappa shape index (κ1) is 16.5. The van der Waals surface area contributed by atoms with E-state index < -0.39 is 0 Å². The second-order valence-electron chi connectivity index (χ2n) is 5.89. The van der Waals surface area contributed by atoms with Gasteiger partial charge in [-0.05, 0) is 30.0 Å². The first-order valence-corrected chi connectivity index (χ1v) is 8.21. The van der Waals surface area contributed by atoms with E-state index >= 15 is 0 Å². The number of benzene rings is 2. The molecule has 5 heteroatoms. The molecule has 24 heavy (non-hydrogen) atoms. The predicted molar refractivity (Wildman–Crippen MR) is 94.1 cm³/mol. The molecule has 1 fully saturated rings. The monoisotopic (exact) mass is 327 g/mol. The van der Waals surface area contributed by atoms with Crippen molar-refractivity contribution in [3.63, 3.8) is 0 Å². The van der Waals surface area contributed by atoms with Gasteiger partial charge in [0.2, 0.25) is 0 Å². The molecule has 0 aromatic heterocycles. The Morgan fingerprint density at radius 2 is 2.04 bits per heavy atom. The molecule has 1 aliphatic rings. The highest BCUT2D eigenvalue weighted by atomic mass is 19.1. The van der Waals surface area contributed by atoms with Gasteiger partial charge >= 0.3 is 0 Å². The normalized spacial score (nSPS) is 17.9. The molecule has 0 bridgehead atoms. The largest absolute Gasteiger partial charge is 0.376 e. The van der Waals surface area contributed by atoms with Gasteiger partial charge in [-0.2, -0.15) is 0 Å². The average Bonchev–Trinajstić information content (AvgIpc) is 3.13. The van der Waals surface area contributed by atoms with Gasteiger partial charge in [-0.25, -0.2) is 9.38 Å². The zero-order valence-corrected chi connectivity index (χ0v) is 13.5. The molecule has 1 unspecified atom stereocenters. The fourth-order valence-electron chi connectivity index (χ4n) is 2.74.